The summed E-state index contributed by atoms with van der Waals surface area (Å²) >= 11 is 0. The smallest absolute Gasteiger partial charge is 0.255 e. The van der Waals surface area contributed by atoms with Crippen LogP contribution < -0.4 is 5.32 Å². The highest BCUT2D eigenvalue weighted by Gasteiger charge is 2.24. The van der Waals surface area contributed by atoms with Crippen LogP contribution in [0.1, 0.15) is 12.8 Å². The minimum atomic E-state index is -0.329. The number of nitrogens with one attached hydrogen (secondary N) is 1. The molecule has 0 aliphatic carbocycles. The van der Waals surface area contributed by atoms with E-state index in [0.29, 0.717) is 12.5 Å². The molecule has 1 aliphatic heterocycles. The molecule has 2 rings (SSSR count). The number of hydrogen-bond acceptors (Lipinski definition) is 4. The van der Waals surface area contributed by atoms with E-state index in [4.69, 9.17) is 9.26 Å². The van der Waals surface area contributed by atoms with Crippen molar-refractivity contribution in [3.63, 3.8) is 0 Å². The molecule has 5 heteroatoms. The molecule has 1 saturated heterocycles. The van der Waals surface area contributed by atoms with Crippen molar-refractivity contribution in [1.82, 2.24) is 5.16 Å². The van der Waals surface area contributed by atoms with E-state index in [-0.39, 0.29) is 12.0 Å². The maximum Gasteiger partial charge on any atom is 0.255 e. The highest BCUT2D eigenvalue weighted by Crippen LogP contribution is 2.14. The van der Waals surface area contributed by atoms with Gasteiger partial charge in [-0.3, -0.25) is 10.1 Å². The maximum absolute atomic E-state index is 11.4. The predicted octanol–water partition coefficient (Wildman–Crippen LogP) is 0.792. The van der Waals surface area contributed by atoms with Crippen LogP contribution in [0.5, 0.6) is 0 Å². The quantitative estimate of drug-likeness (QED) is 0.734. The van der Waals surface area contributed by atoms with E-state index in [1.54, 1.807) is 6.07 Å². The Bertz CT molecular complexity index is 278. The van der Waals surface area contributed by atoms with Crippen molar-refractivity contribution in [2.24, 2.45) is 0 Å². The number of aromatic nitrogens is 1. The van der Waals surface area contributed by atoms with E-state index in [1.807, 2.05) is 0 Å². The van der Waals surface area contributed by atoms with Gasteiger partial charge in [-0.2, -0.15) is 0 Å². The van der Waals surface area contributed by atoms with Gasteiger partial charge in [0.1, 0.15) is 6.10 Å². The second kappa shape index (κ2) is 3.57. The molecule has 1 amide bonds. The number of amides is 1. The minimum Gasteiger partial charge on any atom is -0.368 e. The van der Waals surface area contributed by atoms with Crippen LogP contribution in [0.3, 0.4) is 0 Å². The van der Waals surface area contributed by atoms with Gasteiger partial charge >= 0.3 is 0 Å². The molecule has 70 valence electrons. The fraction of sp³-hybridized carbons (Fsp3) is 0.500. The average Bonchev–Trinajstić information content (AvgIpc) is 2.74. The largest absolute Gasteiger partial charge is 0.368 e. The molecule has 1 aliphatic rings. The second-order valence-corrected chi connectivity index (χ2v) is 2.87. The maximum atomic E-state index is 11.4. The Morgan fingerprint density at radius 2 is 2.62 bits per heavy atom. The normalized spacial score (nSPS) is 21.7. The number of carbonyl (C=O) groups is 1. The van der Waals surface area contributed by atoms with E-state index >= 15 is 0 Å². The van der Waals surface area contributed by atoms with Gasteiger partial charge < -0.3 is 9.26 Å². The van der Waals surface area contributed by atoms with Crippen LogP contribution in [0.15, 0.2) is 16.8 Å². The summed E-state index contributed by atoms with van der Waals surface area (Å²) in [7, 11) is 0. The zero-order valence-corrected chi connectivity index (χ0v) is 7.03. The van der Waals surface area contributed by atoms with Gasteiger partial charge in [0.05, 0.1) is 6.20 Å². The first-order valence-corrected chi connectivity index (χ1v) is 4.19. The Morgan fingerprint density at radius 3 is 3.23 bits per heavy atom. The van der Waals surface area contributed by atoms with Crippen LogP contribution in [-0.2, 0) is 9.53 Å². The van der Waals surface area contributed by atoms with Crippen molar-refractivity contribution < 1.29 is 14.1 Å². The first-order valence-electron chi connectivity index (χ1n) is 4.19. The van der Waals surface area contributed by atoms with Crippen molar-refractivity contribution >= 4 is 11.8 Å². The lowest BCUT2D eigenvalue weighted by molar-refractivity contribution is -0.124. The van der Waals surface area contributed by atoms with E-state index < -0.39 is 0 Å². The molecular weight excluding hydrogens is 172 g/mol. The summed E-state index contributed by atoms with van der Waals surface area (Å²) in [5.74, 6) is 0.203. The molecular formula is C8H10N2O3. The SMILES string of the molecule is O=C(Nc1ccno1)C1CCCO1. The van der Waals surface area contributed by atoms with Gasteiger partial charge in [0.25, 0.3) is 5.91 Å². The van der Waals surface area contributed by atoms with Gasteiger partial charge in [0, 0.05) is 12.7 Å². The van der Waals surface area contributed by atoms with Gasteiger partial charge in [-0.1, -0.05) is 5.16 Å². The molecule has 0 saturated carbocycles. The Kier molecular flexibility index (Phi) is 2.27. The summed E-state index contributed by atoms with van der Waals surface area (Å²) < 4.78 is 9.92. The lowest BCUT2D eigenvalue weighted by atomic mass is 10.2. The van der Waals surface area contributed by atoms with Crippen molar-refractivity contribution in [2.45, 2.75) is 18.9 Å². The zero-order chi connectivity index (χ0) is 9.10. The molecule has 0 bridgehead atoms. The molecule has 0 radical (unpaired) electrons. The number of hydrogen-bond donors (Lipinski definition) is 1. The number of nitrogens with zero attached hydrogens (tertiary/aromatic N) is 1. The van der Waals surface area contributed by atoms with E-state index in [1.165, 1.54) is 6.20 Å². The number of carbonyl (C=O) groups excluding carboxylic acids is 1. The van der Waals surface area contributed by atoms with Gasteiger partial charge in [-0.25, -0.2) is 0 Å². The first-order chi connectivity index (χ1) is 6.36. The van der Waals surface area contributed by atoms with E-state index in [9.17, 15) is 4.79 Å². The van der Waals surface area contributed by atoms with Crippen molar-refractivity contribution in [3.8, 4) is 0 Å². The molecule has 5 nitrogen and oxygen atoms in total. The fourth-order valence-corrected chi connectivity index (χ4v) is 1.27. The molecule has 1 N–H and O–H groups in total. The van der Waals surface area contributed by atoms with Crippen LogP contribution in [-0.4, -0.2) is 23.8 Å². The highest BCUT2D eigenvalue weighted by molar-refractivity contribution is 5.93. The molecule has 1 aromatic heterocycles. The molecule has 1 fully saturated rings. The van der Waals surface area contributed by atoms with Crippen LogP contribution >= 0.6 is 0 Å². The Hall–Kier alpha value is -1.36. The van der Waals surface area contributed by atoms with Gasteiger partial charge in [-0.15, -0.1) is 0 Å². The Balaban J connectivity index is 1.91. The standard InChI is InChI=1S/C8H10N2O3/c11-8(6-2-1-5-12-6)10-7-3-4-9-13-7/h3-4,6H,1-2,5H2,(H,10,11). The third-order valence-electron chi connectivity index (χ3n) is 1.91. The second-order valence-electron chi connectivity index (χ2n) is 2.87. The summed E-state index contributed by atoms with van der Waals surface area (Å²) in [6.07, 6.45) is 2.87. The molecule has 0 aromatic carbocycles. The van der Waals surface area contributed by atoms with E-state index in [0.717, 1.165) is 12.8 Å². The van der Waals surface area contributed by atoms with Crippen molar-refractivity contribution in [3.05, 3.63) is 12.3 Å². The third-order valence-corrected chi connectivity index (χ3v) is 1.91. The predicted molar refractivity (Wildman–Crippen MR) is 44.1 cm³/mol. The Labute approximate surface area is 75.0 Å². The van der Waals surface area contributed by atoms with Crippen molar-refractivity contribution in [1.29, 1.82) is 0 Å². The molecule has 1 aromatic rings. The molecule has 0 spiro atoms. The third kappa shape index (κ3) is 1.86. The minimum absolute atomic E-state index is 0.158. The van der Waals surface area contributed by atoms with Gasteiger partial charge in [-0.05, 0) is 12.8 Å². The highest BCUT2D eigenvalue weighted by atomic mass is 16.5. The molecule has 1 atom stereocenters. The van der Waals surface area contributed by atoms with Crippen LogP contribution in [0.2, 0.25) is 0 Å². The van der Waals surface area contributed by atoms with Crippen molar-refractivity contribution in [2.75, 3.05) is 11.9 Å². The van der Waals surface area contributed by atoms with Crippen LogP contribution in [0.4, 0.5) is 5.88 Å². The monoisotopic (exact) mass is 182 g/mol. The fourth-order valence-electron chi connectivity index (χ4n) is 1.27. The average molecular weight is 182 g/mol. The summed E-state index contributed by atoms with van der Waals surface area (Å²) in [4.78, 5) is 11.4. The summed E-state index contributed by atoms with van der Waals surface area (Å²) in [6.45, 7) is 0.661. The van der Waals surface area contributed by atoms with Gasteiger partial charge in [0.2, 0.25) is 5.88 Å². The van der Waals surface area contributed by atoms with Crippen LogP contribution in [0, 0.1) is 0 Å². The summed E-state index contributed by atoms with van der Waals surface area (Å²) in [5, 5.41) is 6.04. The lowest BCUT2D eigenvalue weighted by Crippen LogP contribution is -2.26. The topological polar surface area (TPSA) is 64.4 Å². The molecule has 1 unspecified atom stereocenters. The number of rotatable bonds is 2. The van der Waals surface area contributed by atoms with Crippen LogP contribution in [0.25, 0.3) is 0 Å². The Morgan fingerprint density at radius 1 is 1.69 bits per heavy atom. The molecule has 2 heterocycles. The number of ether oxygens (including phenoxy) is 1. The summed E-state index contributed by atoms with van der Waals surface area (Å²) in [6, 6.07) is 1.59. The summed E-state index contributed by atoms with van der Waals surface area (Å²) in [5.41, 5.74) is 0. The lowest BCUT2D eigenvalue weighted by Gasteiger charge is -2.06. The molecule has 13 heavy (non-hydrogen) atoms. The van der Waals surface area contributed by atoms with E-state index in [2.05, 4.69) is 10.5 Å². The first kappa shape index (κ1) is 8.25. The zero-order valence-electron chi connectivity index (χ0n) is 7.03. The number of anilines is 1. The van der Waals surface area contributed by atoms with Gasteiger partial charge in [0.15, 0.2) is 0 Å².